The Balaban J connectivity index is 1.81. The maximum absolute atomic E-state index is 13.5. The van der Waals surface area contributed by atoms with Crippen LogP contribution in [-0.4, -0.2) is 35.4 Å². The number of non-ortho nitro benzene ring substituents is 1. The zero-order valence-electron chi connectivity index (χ0n) is 21.0. The first-order valence-electron chi connectivity index (χ1n) is 12.7. The van der Waals surface area contributed by atoms with E-state index in [1.807, 2.05) is 12.1 Å². The lowest BCUT2D eigenvalue weighted by atomic mass is 9.98. The Kier molecular flexibility index (Phi) is 9.85. The van der Waals surface area contributed by atoms with Gasteiger partial charge in [0.25, 0.3) is 5.69 Å². The first kappa shape index (κ1) is 26.4. The van der Waals surface area contributed by atoms with E-state index in [4.69, 9.17) is 9.15 Å². The van der Waals surface area contributed by atoms with Gasteiger partial charge in [-0.25, -0.2) is 0 Å². The molecule has 3 aromatic rings. The average Bonchev–Trinajstić information content (AvgIpc) is 3.24. The molecule has 0 saturated heterocycles. The molecule has 3 rings (SSSR count). The number of furan rings is 1. The van der Waals surface area contributed by atoms with Gasteiger partial charge in [0.15, 0.2) is 5.78 Å². The van der Waals surface area contributed by atoms with Crippen LogP contribution in [0.3, 0.4) is 0 Å². The minimum absolute atomic E-state index is 0.0613. The van der Waals surface area contributed by atoms with E-state index in [1.54, 1.807) is 18.2 Å². The number of carbonyl (C=O) groups excluding carboxylic acids is 1. The molecule has 7 heteroatoms. The number of hydrogen-bond acceptors (Lipinski definition) is 6. The number of hydrogen-bond donors (Lipinski definition) is 0. The lowest BCUT2D eigenvalue weighted by molar-refractivity contribution is -0.384. The normalized spacial score (nSPS) is 11.3. The van der Waals surface area contributed by atoms with E-state index in [1.165, 1.54) is 12.1 Å². The second-order valence-electron chi connectivity index (χ2n) is 8.89. The number of unbranched alkanes of at least 4 members (excludes halogenated alkanes) is 3. The number of aryl methyl sites for hydroxylation is 1. The fourth-order valence-corrected chi connectivity index (χ4v) is 4.03. The molecule has 0 aliphatic carbocycles. The zero-order chi connectivity index (χ0) is 25.2. The van der Waals surface area contributed by atoms with Crippen molar-refractivity contribution >= 4 is 22.4 Å². The van der Waals surface area contributed by atoms with E-state index in [2.05, 4.69) is 25.7 Å². The average molecular weight is 481 g/mol. The molecule has 0 atom stereocenters. The Bertz CT molecular complexity index is 1110. The third-order valence-corrected chi connectivity index (χ3v) is 6.13. The van der Waals surface area contributed by atoms with E-state index in [-0.39, 0.29) is 11.5 Å². The summed E-state index contributed by atoms with van der Waals surface area (Å²) >= 11 is 0. The monoisotopic (exact) mass is 480 g/mol. The summed E-state index contributed by atoms with van der Waals surface area (Å²) in [6.07, 6.45) is 6.98. The first-order valence-corrected chi connectivity index (χ1v) is 12.7. The van der Waals surface area contributed by atoms with Crippen LogP contribution in [-0.2, 0) is 6.42 Å². The van der Waals surface area contributed by atoms with Gasteiger partial charge in [-0.1, -0.05) is 40.0 Å². The van der Waals surface area contributed by atoms with Crippen molar-refractivity contribution in [2.24, 2.45) is 0 Å². The molecule has 0 amide bonds. The number of nitro benzene ring substituents is 1. The summed E-state index contributed by atoms with van der Waals surface area (Å²) in [5.41, 5.74) is 1.34. The zero-order valence-corrected chi connectivity index (χ0v) is 21.0. The smallest absolute Gasteiger partial charge is 0.270 e. The summed E-state index contributed by atoms with van der Waals surface area (Å²) < 4.78 is 12.0. The molecule has 1 aromatic heterocycles. The molecule has 0 bridgehead atoms. The van der Waals surface area contributed by atoms with Gasteiger partial charge in [-0.05, 0) is 49.6 Å². The minimum Gasteiger partial charge on any atom is -0.478 e. The summed E-state index contributed by atoms with van der Waals surface area (Å²) in [5.74, 6) is 1.09. The molecule has 0 spiro atoms. The van der Waals surface area contributed by atoms with Crippen LogP contribution in [0.5, 0.6) is 5.75 Å². The molecule has 0 fully saturated rings. The molecule has 0 radical (unpaired) electrons. The van der Waals surface area contributed by atoms with Crippen LogP contribution < -0.4 is 4.74 Å². The van der Waals surface area contributed by atoms with Crippen molar-refractivity contribution in [3.8, 4) is 5.75 Å². The maximum atomic E-state index is 13.5. The predicted molar refractivity (Wildman–Crippen MR) is 138 cm³/mol. The van der Waals surface area contributed by atoms with Gasteiger partial charge in [-0.3, -0.25) is 19.8 Å². The molecule has 2 aromatic carbocycles. The highest BCUT2D eigenvalue weighted by Crippen LogP contribution is 2.32. The third-order valence-electron chi connectivity index (χ3n) is 6.13. The van der Waals surface area contributed by atoms with Crippen molar-refractivity contribution in [1.82, 2.24) is 4.90 Å². The highest BCUT2D eigenvalue weighted by Gasteiger charge is 2.23. The van der Waals surface area contributed by atoms with E-state index in [0.29, 0.717) is 46.8 Å². The molecule has 0 unspecified atom stereocenters. The number of nitro groups is 1. The summed E-state index contributed by atoms with van der Waals surface area (Å²) in [4.78, 5) is 26.7. The van der Waals surface area contributed by atoms with Crippen molar-refractivity contribution < 1.29 is 18.9 Å². The van der Waals surface area contributed by atoms with Crippen LogP contribution in [0, 0.1) is 10.1 Å². The van der Waals surface area contributed by atoms with Crippen molar-refractivity contribution in [2.75, 3.05) is 19.8 Å². The van der Waals surface area contributed by atoms with Gasteiger partial charge < -0.3 is 9.15 Å². The molecule has 1 heterocycles. The summed E-state index contributed by atoms with van der Waals surface area (Å²) in [6.45, 7) is 8.97. The number of carbonyl (C=O) groups is 1. The van der Waals surface area contributed by atoms with E-state index in [9.17, 15) is 14.9 Å². The Labute approximate surface area is 207 Å². The molecule has 35 heavy (non-hydrogen) atoms. The molecule has 0 aliphatic heterocycles. The molecule has 0 aliphatic rings. The number of ether oxygens (including phenoxy) is 1. The van der Waals surface area contributed by atoms with Gasteiger partial charge in [0.05, 0.1) is 10.5 Å². The second kappa shape index (κ2) is 13.0. The molecular weight excluding hydrogens is 444 g/mol. The van der Waals surface area contributed by atoms with Crippen molar-refractivity contribution in [1.29, 1.82) is 0 Å². The number of ketones is 1. The first-order chi connectivity index (χ1) is 17.0. The largest absolute Gasteiger partial charge is 0.478 e. The lowest BCUT2D eigenvalue weighted by Crippen LogP contribution is -2.30. The van der Waals surface area contributed by atoms with Crippen LogP contribution in [0.15, 0.2) is 46.9 Å². The van der Waals surface area contributed by atoms with Gasteiger partial charge in [-0.2, -0.15) is 0 Å². The van der Waals surface area contributed by atoms with Crippen LogP contribution in [0.2, 0.25) is 0 Å². The topological polar surface area (TPSA) is 85.8 Å². The fraction of sp³-hybridized carbons (Fsp3) is 0.464. The Morgan fingerprint density at radius 2 is 1.63 bits per heavy atom. The van der Waals surface area contributed by atoms with E-state index < -0.39 is 4.92 Å². The summed E-state index contributed by atoms with van der Waals surface area (Å²) in [7, 11) is 0. The summed E-state index contributed by atoms with van der Waals surface area (Å²) in [5, 5.41) is 11.8. The second-order valence-corrected chi connectivity index (χ2v) is 8.89. The van der Waals surface area contributed by atoms with Crippen molar-refractivity contribution in [2.45, 2.75) is 65.7 Å². The van der Waals surface area contributed by atoms with Crippen LogP contribution in [0.4, 0.5) is 5.69 Å². The Hall–Kier alpha value is -3.19. The highest BCUT2D eigenvalue weighted by atomic mass is 16.6. The number of benzene rings is 2. The van der Waals surface area contributed by atoms with Crippen LogP contribution in [0.1, 0.15) is 81.0 Å². The summed E-state index contributed by atoms with van der Waals surface area (Å²) in [6, 6.07) is 11.5. The number of fused-ring (bicyclic) bond motifs is 1. The molecule has 188 valence electrons. The number of nitrogens with zero attached hydrogens (tertiary/aromatic N) is 2. The third kappa shape index (κ3) is 6.92. The lowest BCUT2D eigenvalue weighted by Gasteiger charge is -2.22. The number of rotatable bonds is 15. The van der Waals surface area contributed by atoms with Crippen molar-refractivity contribution in [3.05, 3.63) is 69.5 Å². The van der Waals surface area contributed by atoms with Crippen LogP contribution in [0.25, 0.3) is 11.0 Å². The van der Waals surface area contributed by atoms with Gasteiger partial charge in [0.1, 0.15) is 23.8 Å². The van der Waals surface area contributed by atoms with Crippen molar-refractivity contribution in [3.63, 3.8) is 0 Å². The van der Waals surface area contributed by atoms with Crippen LogP contribution >= 0.6 is 0 Å². The van der Waals surface area contributed by atoms with Gasteiger partial charge in [0.2, 0.25) is 0 Å². The Morgan fingerprint density at radius 3 is 2.23 bits per heavy atom. The fourth-order valence-electron chi connectivity index (χ4n) is 4.03. The molecule has 0 N–H and O–H groups in total. The SMILES string of the molecule is CCCCc1oc2ccc([N+](=O)[O-])cc2c1C(=O)c1ccc(OCN(CCCC)CCCC)cc1. The molecule has 0 saturated carbocycles. The van der Waals surface area contributed by atoms with E-state index >= 15 is 0 Å². The highest BCUT2D eigenvalue weighted by molar-refractivity contribution is 6.17. The maximum Gasteiger partial charge on any atom is 0.270 e. The standard InChI is InChI=1S/C28H36N2O5/c1-4-7-10-26-27(24-19-22(30(32)33)13-16-25(24)35-26)28(31)21-11-14-23(15-12-21)34-20-29(17-8-5-2)18-9-6-3/h11-16,19H,4-10,17-18,20H2,1-3H3. The Morgan fingerprint density at radius 1 is 0.971 bits per heavy atom. The molecular formula is C28H36N2O5. The minimum atomic E-state index is -0.456. The quantitative estimate of drug-likeness (QED) is 0.0993. The van der Waals surface area contributed by atoms with Gasteiger partial charge >= 0.3 is 0 Å². The predicted octanol–water partition coefficient (Wildman–Crippen LogP) is 7.15. The van der Waals surface area contributed by atoms with Gasteiger partial charge in [-0.15, -0.1) is 0 Å². The van der Waals surface area contributed by atoms with Gasteiger partial charge in [0, 0.05) is 42.6 Å². The molecule has 7 nitrogen and oxygen atoms in total. The van der Waals surface area contributed by atoms with E-state index in [0.717, 1.165) is 51.6 Å².